The summed E-state index contributed by atoms with van der Waals surface area (Å²) in [5.74, 6) is 0. The molecule has 0 aromatic heterocycles. The Bertz CT molecular complexity index is 1280. The van der Waals surface area contributed by atoms with Crippen molar-refractivity contribution in [2.24, 2.45) is 0 Å². The summed E-state index contributed by atoms with van der Waals surface area (Å²) in [5, 5.41) is 8.17. The van der Waals surface area contributed by atoms with Gasteiger partial charge in [0.05, 0.1) is 0 Å². The fraction of sp³-hybridized carbons (Fsp3) is 0.273. The van der Waals surface area contributed by atoms with Gasteiger partial charge in [-0.1, -0.05) is 89.9 Å². The van der Waals surface area contributed by atoms with E-state index in [9.17, 15) is 0 Å². The molecule has 0 unspecified atom stereocenters. The molecule has 200 valence electrons. The van der Waals surface area contributed by atoms with Crippen LogP contribution in [0.1, 0.15) is 58.2 Å². The normalized spacial score (nSPS) is 10.4. The third-order valence-electron chi connectivity index (χ3n) is 6.20. The van der Waals surface area contributed by atoms with Gasteiger partial charge in [-0.05, 0) is 10.8 Å². The zero-order chi connectivity index (χ0) is 24.4. The molecular formula is C33H42Cl2SiZr-4. The van der Waals surface area contributed by atoms with Crippen molar-refractivity contribution < 1.29 is 23.3 Å². The Balaban J connectivity index is 0. The van der Waals surface area contributed by atoms with Gasteiger partial charge in [-0.25, -0.2) is 0 Å². The Kier molecular flexibility index (Phi) is 15.8. The van der Waals surface area contributed by atoms with Gasteiger partial charge in [0, 0.05) is 0 Å². The Labute approximate surface area is 255 Å². The number of hydrogen-bond acceptors (Lipinski definition) is 0. The van der Waals surface area contributed by atoms with Crippen molar-refractivity contribution in [3.05, 3.63) is 110 Å². The monoisotopic (exact) mass is 626 g/mol. The first-order chi connectivity index (χ1) is 15.5. The predicted octanol–water partition coefficient (Wildman–Crippen LogP) is 10.5. The molecule has 37 heavy (non-hydrogen) atoms. The van der Waals surface area contributed by atoms with Crippen molar-refractivity contribution in [2.75, 3.05) is 0 Å². The molecule has 0 N–H and O–H groups in total. The maximum atomic E-state index is 3.06. The molecule has 5 aromatic rings. The van der Waals surface area contributed by atoms with Crippen LogP contribution < -0.4 is 0 Å². The number of benzene rings is 3. The summed E-state index contributed by atoms with van der Waals surface area (Å²) >= 11 is 1.36. The van der Waals surface area contributed by atoms with E-state index in [2.05, 4.69) is 134 Å². The molecule has 2 radical (unpaired) electrons. The number of rotatable bonds is 0. The van der Waals surface area contributed by atoms with Crippen LogP contribution in [0.4, 0.5) is 0 Å². The van der Waals surface area contributed by atoms with Crippen LogP contribution in [0.5, 0.6) is 0 Å². The predicted molar refractivity (Wildman–Crippen MR) is 172 cm³/mol. The summed E-state index contributed by atoms with van der Waals surface area (Å²) in [5.41, 5.74) is 4.56. The first-order valence-electron chi connectivity index (χ1n) is 11.5. The zero-order valence-corrected chi connectivity index (χ0v) is 28.9. The Morgan fingerprint density at radius 1 is 0.595 bits per heavy atom. The van der Waals surface area contributed by atoms with Crippen LogP contribution in [-0.4, -0.2) is 6.88 Å². The minimum absolute atomic E-state index is 0. The number of halogens is 2. The standard InChI is InChI=1S/C21H25.C10H9.2CH3.2ClH.Si.Zr/c1-20(2,3)16-7-9-18-14(12-16)11-15-13-17(21(4,5)6)8-10-19(15)18;1-8-6-9-4-2-3-5-10(9)7-8;;;;;;/h7-13H,1-6H3;2-7H,1H3;2*1H3;2*1H;;/q4*-1;;;;. The molecule has 5 aromatic carbocycles. The fourth-order valence-corrected chi connectivity index (χ4v) is 4.26. The van der Waals surface area contributed by atoms with Gasteiger partial charge in [0.1, 0.15) is 0 Å². The van der Waals surface area contributed by atoms with E-state index < -0.39 is 0 Å². The molecule has 0 aliphatic carbocycles. The zero-order valence-electron chi connectivity index (χ0n) is 23.8. The van der Waals surface area contributed by atoms with Gasteiger partial charge in [-0.2, -0.15) is 6.07 Å². The van der Waals surface area contributed by atoms with E-state index >= 15 is 0 Å². The van der Waals surface area contributed by atoms with Crippen LogP contribution in [0.15, 0.2) is 78.9 Å². The number of hydrogen-bond donors (Lipinski definition) is 0. The molecule has 0 aliphatic heterocycles. The molecular weight excluding hydrogens is 587 g/mol. The summed E-state index contributed by atoms with van der Waals surface area (Å²) in [6.45, 7) is 18.8. The molecule has 0 heterocycles. The van der Waals surface area contributed by atoms with Crippen molar-refractivity contribution in [2.45, 2.75) is 59.3 Å². The van der Waals surface area contributed by atoms with E-state index in [1.807, 2.05) is 0 Å². The molecule has 4 heteroatoms. The van der Waals surface area contributed by atoms with E-state index in [4.69, 9.17) is 0 Å². The van der Waals surface area contributed by atoms with E-state index in [1.165, 1.54) is 72.3 Å². The molecule has 0 bridgehead atoms. The average molecular weight is 629 g/mol. The second-order valence-electron chi connectivity index (χ2n) is 10.9. The van der Waals surface area contributed by atoms with Gasteiger partial charge in [-0.15, -0.1) is 105 Å². The topological polar surface area (TPSA) is 0 Å². The summed E-state index contributed by atoms with van der Waals surface area (Å²) < 4.78 is 0. The molecule has 0 atom stereocenters. The molecule has 0 saturated carbocycles. The second kappa shape index (κ2) is 15.4. The van der Waals surface area contributed by atoms with Gasteiger partial charge < -0.3 is 14.9 Å². The molecule has 0 spiro atoms. The van der Waals surface area contributed by atoms with Crippen molar-refractivity contribution in [3.63, 3.8) is 0 Å². The SMILES string of the molecule is CC(C)(C)c1ccc2c(c1)[cH-]c1cc(C(C)(C)C)ccc12.Cc1cc2ccccc2[cH-]1.Cl.Cl.[CH3-].[CH3-].[Si]=[Zr]. The van der Waals surface area contributed by atoms with Crippen LogP contribution in [0, 0.1) is 21.8 Å². The van der Waals surface area contributed by atoms with Gasteiger partial charge in [0.15, 0.2) is 0 Å². The first kappa shape index (κ1) is 38.0. The molecule has 0 aliphatic rings. The van der Waals surface area contributed by atoms with E-state index in [1.54, 1.807) is 0 Å². The number of aryl methyl sites for hydroxylation is 1. The summed E-state index contributed by atoms with van der Waals surface area (Å²) in [4.78, 5) is 0. The summed E-state index contributed by atoms with van der Waals surface area (Å²) in [6.07, 6.45) is 0. The Morgan fingerprint density at radius 3 is 1.43 bits per heavy atom. The van der Waals surface area contributed by atoms with E-state index in [-0.39, 0.29) is 50.5 Å². The van der Waals surface area contributed by atoms with Gasteiger partial charge in [0.2, 0.25) is 0 Å². The van der Waals surface area contributed by atoms with Crippen LogP contribution >= 0.6 is 24.8 Å². The van der Waals surface area contributed by atoms with Crippen LogP contribution in [-0.2, 0) is 34.2 Å². The van der Waals surface area contributed by atoms with Crippen LogP contribution in [0.2, 0.25) is 0 Å². The van der Waals surface area contributed by atoms with Gasteiger partial charge >= 0.3 is 30.2 Å². The van der Waals surface area contributed by atoms with Crippen molar-refractivity contribution in [1.29, 1.82) is 0 Å². The molecule has 0 amide bonds. The van der Waals surface area contributed by atoms with Gasteiger partial charge in [0.25, 0.3) is 0 Å². The molecule has 5 rings (SSSR count). The van der Waals surface area contributed by atoms with Crippen LogP contribution in [0.3, 0.4) is 0 Å². The average Bonchev–Trinajstić information content (AvgIpc) is 3.32. The van der Waals surface area contributed by atoms with Crippen LogP contribution in [0.25, 0.3) is 32.3 Å². The van der Waals surface area contributed by atoms with Crippen molar-refractivity contribution in [3.8, 4) is 0 Å². The number of fused-ring (bicyclic) bond motifs is 4. The quantitative estimate of drug-likeness (QED) is 0.118. The third kappa shape index (κ3) is 9.21. The third-order valence-corrected chi connectivity index (χ3v) is 6.20. The summed E-state index contributed by atoms with van der Waals surface area (Å²) in [7, 11) is 0. The fourth-order valence-electron chi connectivity index (χ4n) is 4.26. The Hall–Kier alpha value is -1.18. The molecule has 0 nitrogen and oxygen atoms in total. The minimum atomic E-state index is 0. The first-order valence-corrected chi connectivity index (χ1v) is 15.7. The van der Waals surface area contributed by atoms with Crippen molar-refractivity contribution in [1.82, 2.24) is 0 Å². The maximum absolute atomic E-state index is 3.06. The van der Waals surface area contributed by atoms with Crippen molar-refractivity contribution >= 4 is 64.0 Å². The molecule has 0 fully saturated rings. The van der Waals surface area contributed by atoms with E-state index in [0.717, 1.165) is 0 Å². The summed E-state index contributed by atoms with van der Waals surface area (Å²) in [6, 6.07) is 29.0. The Morgan fingerprint density at radius 2 is 1.03 bits per heavy atom. The van der Waals surface area contributed by atoms with E-state index in [0.29, 0.717) is 0 Å². The second-order valence-corrected chi connectivity index (χ2v) is 10.9. The molecule has 0 saturated heterocycles. The van der Waals surface area contributed by atoms with Gasteiger partial charge in [-0.3, -0.25) is 0 Å².